The van der Waals surface area contributed by atoms with Crippen LogP contribution in [0.1, 0.15) is 34.1 Å². The van der Waals surface area contributed by atoms with Crippen LogP contribution >= 0.6 is 0 Å². The highest BCUT2D eigenvalue weighted by Crippen LogP contribution is 2.10. The van der Waals surface area contributed by atoms with Crippen molar-refractivity contribution in [2.24, 2.45) is 0 Å². The number of likely N-dealkylation sites (N-methyl/N-ethyl adjacent to an activating group) is 1. The fraction of sp³-hybridized carbons (Fsp3) is 1.00. The predicted molar refractivity (Wildman–Crippen MR) is 64.2 cm³/mol. The summed E-state index contributed by atoms with van der Waals surface area (Å²) in [5.41, 5.74) is -0.00661. The van der Waals surface area contributed by atoms with Crippen LogP contribution in [0, 0.1) is 0 Å². The van der Waals surface area contributed by atoms with Crippen molar-refractivity contribution in [1.29, 1.82) is 0 Å². The van der Waals surface area contributed by atoms with Crippen LogP contribution < -0.4 is 5.32 Å². The Morgan fingerprint density at radius 3 is 2.60 bits per heavy atom. The molecule has 1 saturated heterocycles. The molecule has 1 fully saturated rings. The summed E-state index contributed by atoms with van der Waals surface area (Å²) in [4.78, 5) is 2.52. The maximum Gasteiger partial charge on any atom is 0.0600 e. The van der Waals surface area contributed by atoms with Gasteiger partial charge in [0.15, 0.2) is 0 Å². The van der Waals surface area contributed by atoms with E-state index in [2.05, 4.69) is 37.9 Å². The number of ether oxygens (including phenoxy) is 1. The molecule has 1 N–H and O–H groups in total. The van der Waals surface area contributed by atoms with Gasteiger partial charge in [0, 0.05) is 19.1 Å². The first-order valence-electron chi connectivity index (χ1n) is 6.11. The van der Waals surface area contributed by atoms with Crippen LogP contribution in [0.4, 0.5) is 0 Å². The Kier molecular flexibility index (Phi) is 5.03. The van der Waals surface area contributed by atoms with E-state index in [4.69, 9.17) is 4.74 Å². The Labute approximate surface area is 94.2 Å². The smallest absolute Gasteiger partial charge is 0.0600 e. The lowest BCUT2D eigenvalue weighted by Crippen LogP contribution is -2.39. The molecule has 0 aliphatic carbocycles. The van der Waals surface area contributed by atoms with Crippen LogP contribution in [0.5, 0.6) is 0 Å². The average Bonchev–Trinajstić information content (AvgIpc) is 2.63. The molecule has 3 nitrogen and oxygen atoms in total. The summed E-state index contributed by atoms with van der Waals surface area (Å²) in [6.07, 6.45) is 1.28. The first-order valence-corrected chi connectivity index (χ1v) is 6.11. The lowest BCUT2D eigenvalue weighted by Gasteiger charge is -2.28. The third-order valence-electron chi connectivity index (χ3n) is 2.87. The lowest BCUT2D eigenvalue weighted by atomic mass is 10.2. The molecule has 0 amide bonds. The first-order chi connectivity index (χ1) is 7.03. The van der Waals surface area contributed by atoms with Crippen molar-refractivity contribution >= 4 is 0 Å². The van der Waals surface area contributed by atoms with Crippen LogP contribution in [0.15, 0.2) is 0 Å². The summed E-state index contributed by atoms with van der Waals surface area (Å²) in [7, 11) is 0. The molecule has 90 valence electrons. The normalized spacial score (nSPS) is 22.6. The summed E-state index contributed by atoms with van der Waals surface area (Å²) in [5.74, 6) is 0. The van der Waals surface area contributed by atoms with Crippen molar-refractivity contribution in [3.63, 3.8) is 0 Å². The zero-order valence-electron chi connectivity index (χ0n) is 10.7. The van der Waals surface area contributed by atoms with Gasteiger partial charge in [-0.1, -0.05) is 6.92 Å². The summed E-state index contributed by atoms with van der Waals surface area (Å²) in [6.45, 7) is 13.9. The first kappa shape index (κ1) is 12.9. The summed E-state index contributed by atoms with van der Waals surface area (Å²) >= 11 is 0. The number of rotatable bonds is 5. The minimum Gasteiger partial charge on any atom is -0.375 e. The van der Waals surface area contributed by atoms with Gasteiger partial charge in [-0.2, -0.15) is 0 Å². The molecule has 1 aliphatic rings. The van der Waals surface area contributed by atoms with E-state index in [1.165, 1.54) is 13.0 Å². The van der Waals surface area contributed by atoms with Gasteiger partial charge in [0.05, 0.1) is 12.2 Å². The van der Waals surface area contributed by atoms with Gasteiger partial charge in [-0.25, -0.2) is 0 Å². The second kappa shape index (κ2) is 5.83. The molecule has 0 aromatic heterocycles. The zero-order chi connectivity index (χ0) is 11.3. The SMILES string of the molecule is CCN(CCOC(C)(C)C)C1CCNC1. The Morgan fingerprint density at radius 1 is 1.40 bits per heavy atom. The molecule has 0 aromatic rings. The van der Waals surface area contributed by atoms with Crippen molar-refractivity contribution in [3.05, 3.63) is 0 Å². The molecule has 1 atom stereocenters. The van der Waals surface area contributed by atoms with Crippen molar-refractivity contribution in [1.82, 2.24) is 10.2 Å². The van der Waals surface area contributed by atoms with Crippen LogP contribution in [-0.2, 0) is 4.74 Å². The lowest BCUT2D eigenvalue weighted by molar-refractivity contribution is -0.0162. The molecule has 0 bridgehead atoms. The molecule has 1 unspecified atom stereocenters. The van der Waals surface area contributed by atoms with Gasteiger partial charge in [0.25, 0.3) is 0 Å². The van der Waals surface area contributed by atoms with Crippen molar-refractivity contribution in [3.8, 4) is 0 Å². The van der Waals surface area contributed by atoms with Gasteiger partial charge in [-0.05, 0) is 40.3 Å². The summed E-state index contributed by atoms with van der Waals surface area (Å²) in [5, 5.41) is 3.41. The molecule has 0 saturated carbocycles. The van der Waals surface area contributed by atoms with Gasteiger partial charge < -0.3 is 10.1 Å². The highest BCUT2D eigenvalue weighted by molar-refractivity contribution is 4.80. The maximum atomic E-state index is 5.76. The third kappa shape index (κ3) is 4.96. The van der Waals surface area contributed by atoms with E-state index >= 15 is 0 Å². The van der Waals surface area contributed by atoms with Crippen molar-refractivity contribution < 1.29 is 4.74 Å². The monoisotopic (exact) mass is 214 g/mol. The van der Waals surface area contributed by atoms with E-state index in [0.717, 1.165) is 32.3 Å². The van der Waals surface area contributed by atoms with Gasteiger partial charge in [-0.15, -0.1) is 0 Å². The van der Waals surface area contributed by atoms with Crippen LogP contribution in [0.3, 0.4) is 0 Å². The van der Waals surface area contributed by atoms with Crippen molar-refractivity contribution in [2.75, 3.05) is 32.8 Å². The Balaban J connectivity index is 2.21. The summed E-state index contributed by atoms with van der Waals surface area (Å²) < 4.78 is 5.76. The quantitative estimate of drug-likeness (QED) is 0.750. The Hall–Kier alpha value is -0.120. The van der Waals surface area contributed by atoms with Crippen LogP contribution in [0.2, 0.25) is 0 Å². The molecule has 3 heteroatoms. The van der Waals surface area contributed by atoms with E-state index in [0.29, 0.717) is 0 Å². The number of hydrogen-bond acceptors (Lipinski definition) is 3. The minimum absolute atomic E-state index is 0.00661. The standard InChI is InChI=1S/C12H26N2O/c1-5-14(11-6-7-13-10-11)8-9-15-12(2,3)4/h11,13H,5-10H2,1-4H3. The zero-order valence-corrected chi connectivity index (χ0v) is 10.7. The van der Waals surface area contributed by atoms with Gasteiger partial charge in [-0.3, -0.25) is 4.90 Å². The fourth-order valence-corrected chi connectivity index (χ4v) is 2.02. The molecule has 1 rings (SSSR count). The molecule has 1 heterocycles. The molecule has 0 aromatic carbocycles. The van der Waals surface area contributed by atoms with Gasteiger partial charge in [0.1, 0.15) is 0 Å². The summed E-state index contributed by atoms with van der Waals surface area (Å²) in [6, 6.07) is 0.721. The van der Waals surface area contributed by atoms with Crippen LogP contribution in [-0.4, -0.2) is 49.3 Å². The number of hydrogen-bond donors (Lipinski definition) is 1. The second-order valence-corrected chi connectivity index (χ2v) is 5.24. The number of nitrogens with one attached hydrogen (secondary N) is 1. The van der Waals surface area contributed by atoms with E-state index in [-0.39, 0.29) is 5.60 Å². The molecule has 0 spiro atoms. The third-order valence-corrected chi connectivity index (χ3v) is 2.87. The van der Waals surface area contributed by atoms with E-state index in [9.17, 15) is 0 Å². The van der Waals surface area contributed by atoms with E-state index in [1.807, 2.05) is 0 Å². The molecular weight excluding hydrogens is 188 g/mol. The Morgan fingerprint density at radius 2 is 2.13 bits per heavy atom. The van der Waals surface area contributed by atoms with Gasteiger partial charge in [0.2, 0.25) is 0 Å². The minimum atomic E-state index is -0.00661. The Bertz CT molecular complexity index is 171. The fourth-order valence-electron chi connectivity index (χ4n) is 2.02. The topological polar surface area (TPSA) is 24.5 Å². The van der Waals surface area contributed by atoms with E-state index < -0.39 is 0 Å². The molecule has 15 heavy (non-hydrogen) atoms. The largest absolute Gasteiger partial charge is 0.375 e. The predicted octanol–water partition coefficient (Wildman–Crippen LogP) is 1.49. The highest BCUT2D eigenvalue weighted by atomic mass is 16.5. The highest BCUT2D eigenvalue weighted by Gasteiger charge is 2.21. The average molecular weight is 214 g/mol. The van der Waals surface area contributed by atoms with Crippen molar-refractivity contribution in [2.45, 2.75) is 45.8 Å². The molecular formula is C12H26N2O. The molecule has 0 radical (unpaired) electrons. The number of nitrogens with zero attached hydrogens (tertiary/aromatic N) is 1. The molecule has 1 aliphatic heterocycles. The van der Waals surface area contributed by atoms with Crippen LogP contribution in [0.25, 0.3) is 0 Å². The second-order valence-electron chi connectivity index (χ2n) is 5.24. The van der Waals surface area contributed by atoms with Gasteiger partial charge >= 0.3 is 0 Å². The maximum absolute atomic E-state index is 5.76. The van der Waals surface area contributed by atoms with E-state index in [1.54, 1.807) is 0 Å².